The number of amides is 4. The Hall–Kier alpha value is -2.50. The van der Waals surface area contributed by atoms with Crippen molar-refractivity contribution in [3.63, 3.8) is 0 Å². The second-order valence-corrected chi connectivity index (χ2v) is 6.17. The summed E-state index contributed by atoms with van der Waals surface area (Å²) >= 11 is 0. The summed E-state index contributed by atoms with van der Waals surface area (Å²) in [5.41, 5.74) is 2.24. The normalized spacial score (nSPS) is 10.6. The monoisotopic (exact) mass is 304 g/mol. The fourth-order valence-corrected chi connectivity index (χ4v) is 1.75. The number of nitrogens with one attached hydrogen (secondary N) is 4. The number of urea groups is 2. The molecule has 0 aliphatic heterocycles. The van der Waals surface area contributed by atoms with Gasteiger partial charge in [-0.3, -0.25) is 0 Å². The van der Waals surface area contributed by atoms with E-state index in [-0.39, 0.29) is 17.6 Å². The fourth-order valence-electron chi connectivity index (χ4n) is 1.75. The highest BCUT2D eigenvalue weighted by molar-refractivity contribution is 5.95. The minimum atomic E-state index is -0.369. The van der Waals surface area contributed by atoms with Crippen LogP contribution >= 0.6 is 0 Å². The molecule has 1 aromatic carbocycles. The molecule has 0 unspecified atom stereocenters. The highest BCUT2D eigenvalue weighted by Crippen LogP contribution is 2.23. The van der Waals surface area contributed by atoms with Gasteiger partial charge in [-0.2, -0.15) is 0 Å². The van der Waals surface area contributed by atoms with Crippen molar-refractivity contribution in [3.8, 4) is 0 Å². The van der Waals surface area contributed by atoms with E-state index in [1.54, 1.807) is 25.1 Å². The standard InChI is InChI=1S/C16H24N4O2/c1-10(2)17-14(21)18-12-8-7-9-13(11(12)3)19-15(22)20-16(4,5)6/h7-9H,1H2,2-6H3,(H2,17,18,21)(H2,19,20,22). The van der Waals surface area contributed by atoms with Crippen LogP contribution in [0.5, 0.6) is 0 Å². The molecule has 1 rings (SSSR count). The number of allylic oxidation sites excluding steroid dienone is 1. The third-order valence-electron chi connectivity index (χ3n) is 2.65. The van der Waals surface area contributed by atoms with Crippen LogP contribution < -0.4 is 21.3 Å². The first-order chi connectivity index (χ1) is 10.1. The van der Waals surface area contributed by atoms with Gasteiger partial charge < -0.3 is 21.3 Å². The number of carbonyl (C=O) groups excluding carboxylic acids is 2. The van der Waals surface area contributed by atoms with Gasteiger partial charge in [0, 0.05) is 22.6 Å². The predicted molar refractivity (Wildman–Crippen MR) is 90.1 cm³/mol. The molecule has 22 heavy (non-hydrogen) atoms. The second-order valence-electron chi connectivity index (χ2n) is 6.17. The molecule has 0 aliphatic carbocycles. The zero-order valence-corrected chi connectivity index (χ0v) is 13.8. The highest BCUT2D eigenvalue weighted by Gasteiger charge is 2.15. The van der Waals surface area contributed by atoms with Gasteiger partial charge in [0.25, 0.3) is 0 Å². The fraction of sp³-hybridized carbons (Fsp3) is 0.375. The largest absolute Gasteiger partial charge is 0.333 e. The molecule has 0 saturated carbocycles. The minimum absolute atomic E-state index is 0.292. The zero-order valence-electron chi connectivity index (χ0n) is 13.8. The van der Waals surface area contributed by atoms with Crippen molar-refractivity contribution < 1.29 is 9.59 Å². The number of benzene rings is 1. The first-order valence-corrected chi connectivity index (χ1v) is 7.01. The Bertz CT molecular complexity index is 588. The lowest BCUT2D eigenvalue weighted by atomic mass is 10.1. The first-order valence-electron chi connectivity index (χ1n) is 7.01. The van der Waals surface area contributed by atoms with Crippen LogP contribution in [0, 0.1) is 6.92 Å². The number of hydrogen-bond donors (Lipinski definition) is 4. The lowest BCUT2D eigenvalue weighted by Gasteiger charge is -2.21. The van der Waals surface area contributed by atoms with E-state index in [4.69, 9.17) is 0 Å². The quantitative estimate of drug-likeness (QED) is 0.688. The molecule has 0 radical (unpaired) electrons. The van der Waals surface area contributed by atoms with E-state index in [1.165, 1.54) is 0 Å². The molecule has 6 nitrogen and oxygen atoms in total. The Morgan fingerprint density at radius 3 is 2.00 bits per heavy atom. The van der Waals surface area contributed by atoms with Gasteiger partial charge in [-0.05, 0) is 52.3 Å². The Kier molecular flexibility index (Phi) is 5.56. The van der Waals surface area contributed by atoms with E-state index in [9.17, 15) is 9.59 Å². The molecular weight excluding hydrogens is 280 g/mol. The second kappa shape index (κ2) is 6.98. The summed E-state index contributed by atoms with van der Waals surface area (Å²) in [7, 11) is 0. The molecule has 4 amide bonds. The van der Waals surface area contributed by atoms with Crippen molar-refractivity contribution in [2.75, 3.05) is 10.6 Å². The van der Waals surface area contributed by atoms with Crippen LogP contribution in [-0.2, 0) is 0 Å². The molecule has 0 fully saturated rings. The number of hydrogen-bond acceptors (Lipinski definition) is 2. The molecule has 0 saturated heterocycles. The van der Waals surface area contributed by atoms with Crippen LogP contribution in [0.3, 0.4) is 0 Å². The van der Waals surface area contributed by atoms with Crippen molar-refractivity contribution in [1.82, 2.24) is 10.6 Å². The van der Waals surface area contributed by atoms with Gasteiger partial charge in [-0.25, -0.2) is 9.59 Å². The van der Waals surface area contributed by atoms with Gasteiger partial charge in [-0.15, -0.1) is 0 Å². The summed E-state index contributed by atoms with van der Waals surface area (Å²) in [5.74, 6) is 0. The van der Waals surface area contributed by atoms with Crippen molar-refractivity contribution in [3.05, 3.63) is 36.0 Å². The summed E-state index contributed by atoms with van der Waals surface area (Å²) in [5, 5.41) is 10.9. The average Bonchev–Trinajstić information content (AvgIpc) is 2.30. The van der Waals surface area contributed by atoms with Gasteiger partial charge >= 0.3 is 12.1 Å². The van der Waals surface area contributed by atoms with E-state index in [0.29, 0.717) is 17.1 Å². The molecule has 0 aliphatic rings. The molecule has 0 bridgehead atoms. The minimum Gasteiger partial charge on any atom is -0.333 e. The van der Waals surface area contributed by atoms with Crippen LogP contribution in [0.25, 0.3) is 0 Å². The van der Waals surface area contributed by atoms with E-state index in [0.717, 1.165) is 5.56 Å². The van der Waals surface area contributed by atoms with E-state index in [2.05, 4.69) is 27.8 Å². The van der Waals surface area contributed by atoms with E-state index >= 15 is 0 Å². The number of rotatable bonds is 3. The predicted octanol–water partition coefficient (Wildman–Crippen LogP) is 3.57. The number of anilines is 2. The zero-order chi connectivity index (χ0) is 16.9. The Balaban J connectivity index is 2.82. The smallest absolute Gasteiger partial charge is 0.323 e. The molecule has 0 spiro atoms. The summed E-state index contributed by atoms with van der Waals surface area (Å²) in [6, 6.07) is 4.64. The van der Waals surface area contributed by atoms with Gasteiger partial charge in [-0.1, -0.05) is 12.6 Å². The molecule has 4 N–H and O–H groups in total. The summed E-state index contributed by atoms with van der Waals surface area (Å²) in [6.45, 7) is 12.8. The third kappa shape index (κ3) is 5.87. The molecular formula is C16H24N4O2. The van der Waals surface area contributed by atoms with Crippen LogP contribution in [0.2, 0.25) is 0 Å². The molecule has 0 aromatic heterocycles. The summed E-state index contributed by atoms with van der Waals surface area (Å²) in [4.78, 5) is 23.6. The Morgan fingerprint density at radius 2 is 1.55 bits per heavy atom. The van der Waals surface area contributed by atoms with Gasteiger partial charge in [0.15, 0.2) is 0 Å². The maximum atomic E-state index is 11.9. The van der Waals surface area contributed by atoms with Crippen molar-refractivity contribution in [2.24, 2.45) is 0 Å². The maximum Gasteiger partial charge on any atom is 0.323 e. The van der Waals surface area contributed by atoms with Crippen LogP contribution in [-0.4, -0.2) is 17.6 Å². The van der Waals surface area contributed by atoms with Crippen molar-refractivity contribution in [2.45, 2.75) is 40.2 Å². The molecule has 6 heteroatoms. The Labute approximate surface area is 131 Å². The van der Waals surface area contributed by atoms with Crippen molar-refractivity contribution >= 4 is 23.4 Å². The summed E-state index contributed by atoms with van der Waals surface area (Å²) in [6.07, 6.45) is 0. The molecule has 1 aromatic rings. The average molecular weight is 304 g/mol. The maximum absolute atomic E-state index is 11.9. The van der Waals surface area contributed by atoms with Gasteiger partial charge in [0.05, 0.1) is 0 Å². The highest BCUT2D eigenvalue weighted by atomic mass is 16.2. The Morgan fingerprint density at radius 1 is 1.05 bits per heavy atom. The first kappa shape index (κ1) is 17.6. The lowest BCUT2D eigenvalue weighted by molar-refractivity contribution is 0.243. The summed E-state index contributed by atoms with van der Waals surface area (Å²) < 4.78 is 0. The molecule has 120 valence electrons. The molecule has 0 atom stereocenters. The number of carbonyl (C=O) groups is 2. The lowest BCUT2D eigenvalue weighted by Crippen LogP contribution is -2.43. The SMILES string of the molecule is C=C(C)NC(=O)Nc1cccc(NC(=O)NC(C)(C)C)c1C. The van der Waals surface area contributed by atoms with E-state index < -0.39 is 0 Å². The topological polar surface area (TPSA) is 82.3 Å². The molecule has 0 heterocycles. The van der Waals surface area contributed by atoms with Gasteiger partial charge in [0.1, 0.15) is 0 Å². The van der Waals surface area contributed by atoms with Crippen molar-refractivity contribution in [1.29, 1.82) is 0 Å². The van der Waals surface area contributed by atoms with Gasteiger partial charge in [0.2, 0.25) is 0 Å². The van der Waals surface area contributed by atoms with E-state index in [1.807, 2.05) is 27.7 Å². The van der Waals surface area contributed by atoms with Crippen LogP contribution in [0.15, 0.2) is 30.5 Å². The third-order valence-corrected chi connectivity index (χ3v) is 2.65. The van der Waals surface area contributed by atoms with Crippen LogP contribution in [0.1, 0.15) is 33.3 Å². The van der Waals surface area contributed by atoms with Crippen LogP contribution in [0.4, 0.5) is 21.0 Å².